The zero-order valence-corrected chi connectivity index (χ0v) is 21.2. The van der Waals surface area contributed by atoms with Gasteiger partial charge in [-0.05, 0) is 78.6 Å². The van der Waals surface area contributed by atoms with Gasteiger partial charge in [-0.2, -0.15) is 0 Å². The van der Waals surface area contributed by atoms with E-state index in [1.165, 1.54) is 68.1 Å². The number of aryl methyl sites for hydroxylation is 3. The van der Waals surface area contributed by atoms with Gasteiger partial charge in [-0.3, -0.25) is 0 Å². The molecule has 0 aliphatic heterocycles. The number of esters is 1. The molecule has 0 fully saturated rings. The summed E-state index contributed by atoms with van der Waals surface area (Å²) < 4.78 is 5.68. The summed E-state index contributed by atoms with van der Waals surface area (Å²) in [6.07, 6.45) is 12.5. The minimum atomic E-state index is -0.315. The normalized spacial score (nSPS) is 10.9. The Hall–Kier alpha value is -2.87. The lowest BCUT2D eigenvalue weighted by Crippen LogP contribution is -2.09. The molecule has 2 heteroatoms. The molecule has 0 N–H and O–H groups in total. The summed E-state index contributed by atoms with van der Waals surface area (Å²) in [4.78, 5) is 12.7. The number of ether oxygens (including phenoxy) is 1. The van der Waals surface area contributed by atoms with Crippen LogP contribution in [0.25, 0.3) is 11.1 Å². The minimum absolute atomic E-state index is 0.315. The molecule has 3 rings (SSSR count). The highest BCUT2D eigenvalue weighted by molar-refractivity contribution is 5.91. The number of benzene rings is 3. The van der Waals surface area contributed by atoms with Crippen LogP contribution in [0, 0.1) is 6.92 Å². The van der Waals surface area contributed by atoms with Crippen molar-refractivity contribution >= 4 is 5.97 Å². The van der Waals surface area contributed by atoms with E-state index in [0.717, 1.165) is 24.0 Å². The summed E-state index contributed by atoms with van der Waals surface area (Å²) >= 11 is 0. The zero-order valence-electron chi connectivity index (χ0n) is 21.2. The average Bonchev–Trinajstić information content (AvgIpc) is 2.87. The second kappa shape index (κ2) is 13.7. The summed E-state index contributed by atoms with van der Waals surface area (Å²) in [7, 11) is 0. The third kappa shape index (κ3) is 7.87. The van der Waals surface area contributed by atoms with E-state index < -0.39 is 0 Å². The lowest BCUT2D eigenvalue weighted by molar-refractivity contribution is 0.0733. The van der Waals surface area contributed by atoms with Crippen LogP contribution in [-0.4, -0.2) is 5.97 Å². The molecule has 0 heterocycles. The molecular weight excluding hydrogens is 416 g/mol. The maximum absolute atomic E-state index is 12.7. The maximum atomic E-state index is 12.7. The molecule has 0 spiro atoms. The van der Waals surface area contributed by atoms with Gasteiger partial charge in [0.25, 0.3) is 0 Å². The van der Waals surface area contributed by atoms with E-state index in [-0.39, 0.29) is 5.97 Å². The molecule has 0 radical (unpaired) electrons. The Bertz CT molecular complexity index is 1020. The van der Waals surface area contributed by atoms with Crippen LogP contribution in [-0.2, 0) is 12.8 Å². The molecule has 34 heavy (non-hydrogen) atoms. The van der Waals surface area contributed by atoms with Crippen molar-refractivity contribution in [3.05, 3.63) is 89.0 Å². The van der Waals surface area contributed by atoms with E-state index >= 15 is 0 Å². The molecule has 0 atom stereocenters. The maximum Gasteiger partial charge on any atom is 0.343 e. The molecule has 0 amide bonds. The Labute approximate surface area is 206 Å². The molecule has 0 saturated heterocycles. The topological polar surface area (TPSA) is 26.3 Å². The molecular formula is C32H40O2. The molecule has 3 aromatic rings. The van der Waals surface area contributed by atoms with Gasteiger partial charge in [-0.1, -0.05) is 101 Å². The van der Waals surface area contributed by atoms with Crippen LogP contribution in [0.2, 0.25) is 0 Å². The Kier molecular flexibility index (Phi) is 10.4. The van der Waals surface area contributed by atoms with Crippen molar-refractivity contribution in [2.24, 2.45) is 0 Å². The number of hydrogen-bond acceptors (Lipinski definition) is 2. The molecule has 0 saturated carbocycles. The Morgan fingerprint density at radius 1 is 0.647 bits per heavy atom. The molecule has 2 nitrogen and oxygen atoms in total. The third-order valence-corrected chi connectivity index (χ3v) is 6.49. The fraction of sp³-hybridized carbons (Fsp3) is 0.406. The summed E-state index contributed by atoms with van der Waals surface area (Å²) in [5.74, 6) is 0.320. The van der Waals surface area contributed by atoms with E-state index in [0.29, 0.717) is 11.3 Å². The molecule has 0 aliphatic carbocycles. The monoisotopic (exact) mass is 456 g/mol. The summed E-state index contributed by atoms with van der Waals surface area (Å²) in [5.41, 5.74) is 6.54. The van der Waals surface area contributed by atoms with E-state index in [1.807, 2.05) is 37.3 Å². The Balaban J connectivity index is 1.53. The largest absolute Gasteiger partial charge is 0.423 e. The molecule has 0 aromatic heterocycles. The SMILES string of the molecule is CCCCCCCCc1ccc(-c2ccc(C(=O)Oc3ccc(CCCC)cc3C)cc2)cc1. The second-order valence-corrected chi connectivity index (χ2v) is 9.38. The molecule has 0 unspecified atom stereocenters. The number of unbranched alkanes of at least 4 members (excludes halogenated alkanes) is 6. The van der Waals surface area contributed by atoms with Gasteiger partial charge in [0.05, 0.1) is 5.56 Å². The number of carbonyl (C=O) groups excluding carboxylic acids is 1. The second-order valence-electron chi connectivity index (χ2n) is 9.38. The number of rotatable bonds is 13. The van der Waals surface area contributed by atoms with Crippen molar-refractivity contribution in [2.45, 2.75) is 85.0 Å². The standard InChI is InChI=1S/C32H40O2/c1-4-6-8-9-10-11-13-26-14-17-28(18-15-26)29-19-21-30(22-20-29)32(33)34-31-23-16-27(12-7-5-2)24-25(31)3/h14-24H,4-13H2,1-3H3. The van der Waals surface area contributed by atoms with Crippen LogP contribution >= 0.6 is 0 Å². The Morgan fingerprint density at radius 2 is 1.21 bits per heavy atom. The van der Waals surface area contributed by atoms with Crippen molar-refractivity contribution in [3.63, 3.8) is 0 Å². The van der Waals surface area contributed by atoms with Gasteiger partial charge >= 0.3 is 5.97 Å². The van der Waals surface area contributed by atoms with Gasteiger partial charge in [0.2, 0.25) is 0 Å². The van der Waals surface area contributed by atoms with Crippen molar-refractivity contribution in [3.8, 4) is 16.9 Å². The van der Waals surface area contributed by atoms with Gasteiger partial charge < -0.3 is 4.74 Å². The van der Waals surface area contributed by atoms with Gasteiger partial charge in [-0.25, -0.2) is 4.79 Å². The zero-order chi connectivity index (χ0) is 24.2. The lowest BCUT2D eigenvalue weighted by Gasteiger charge is -2.10. The highest BCUT2D eigenvalue weighted by atomic mass is 16.5. The quantitative estimate of drug-likeness (QED) is 0.146. The molecule has 0 aliphatic rings. The number of hydrogen-bond donors (Lipinski definition) is 0. The fourth-order valence-corrected chi connectivity index (χ4v) is 4.29. The van der Waals surface area contributed by atoms with Crippen molar-refractivity contribution in [1.29, 1.82) is 0 Å². The summed E-state index contributed by atoms with van der Waals surface area (Å²) in [6.45, 7) is 6.45. The van der Waals surface area contributed by atoms with Crippen LogP contribution in [0.3, 0.4) is 0 Å². The van der Waals surface area contributed by atoms with Gasteiger partial charge in [0.1, 0.15) is 5.75 Å². The lowest BCUT2D eigenvalue weighted by atomic mass is 10.00. The van der Waals surface area contributed by atoms with E-state index in [4.69, 9.17) is 4.74 Å². The van der Waals surface area contributed by atoms with Crippen molar-refractivity contribution in [2.75, 3.05) is 0 Å². The first-order valence-corrected chi connectivity index (χ1v) is 13.1. The van der Waals surface area contributed by atoms with Gasteiger partial charge in [0.15, 0.2) is 0 Å². The highest BCUT2D eigenvalue weighted by Gasteiger charge is 2.11. The van der Waals surface area contributed by atoms with Crippen LogP contribution in [0.4, 0.5) is 0 Å². The first-order chi connectivity index (χ1) is 16.6. The third-order valence-electron chi connectivity index (χ3n) is 6.49. The molecule has 0 bridgehead atoms. The predicted molar refractivity (Wildman–Crippen MR) is 144 cm³/mol. The first kappa shape index (κ1) is 25.7. The van der Waals surface area contributed by atoms with E-state index in [2.05, 4.69) is 50.2 Å². The van der Waals surface area contributed by atoms with Crippen molar-refractivity contribution < 1.29 is 9.53 Å². The van der Waals surface area contributed by atoms with Crippen molar-refractivity contribution in [1.82, 2.24) is 0 Å². The minimum Gasteiger partial charge on any atom is -0.423 e. The van der Waals surface area contributed by atoms with E-state index in [9.17, 15) is 4.79 Å². The van der Waals surface area contributed by atoms with Crippen LogP contribution in [0.1, 0.15) is 92.3 Å². The van der Waals surface area contributed by atoms with Gasteiger partial charge in [-0.15, -0.1) is 0 Å². The summed E-state index contributed by atoms with van der Waals surface area (Å²) in [6, 6.07) is 22.6. The summed E-state index contributed by atoms with van der Waals surface area (Å²) in [5, 5.41) is 0. The van der Waals surface area contributed by atoms with E-state index in [1.54, 1.807) is 0 Å². The number of carbonyl (C=O) groups is 1. The first-order valence-electron chi connectivity index (χ1n) is 13.1. The average molecular weight is 457 g/mol. The molecule has 3 aromatic carbocycles. The fourth-order valence-electron chi connectivity index (χ4n) is 4.29. The van der Waals surface area contributed by atoms with Crippen LogP contribution < -0.4 is 4.74 Å². The predicted octanol–water partition coefficient (Wildman–Crippen LogP) is 9.13. The molecule has 180 valence electrons. The van der Waals surface area contributed by atoms with Crippen LogP contribution in [0.5, 0.6) is 5.75 Å². The smallest absolute Gasteiger partial charge is 0.343 e. The highest BCUT2D eigenvalue weighted by Crippen LogP contribution is 2.24. The Morgan fingerprint density at radius 3 is 1.85 bits per heavy atom. The van der Waals surface area contributed by atoms with Crippen LogP contribution in [0.15, 0.2) is 66.7 Å². The van der Waals surface area contributed by atoms with Gasteiger partial charge in [0, 0.05) is 0 Å².